The average Bonchev–Trinajstić information content (AvgIpc) is 2.94. The summed E-state index contributed by atoms with van der Waals surface area (Å²) in [6, 6.07) is 5.52. The van der Waals surface area contributed by atoms with Crippen molar-refractivity contribution in [1.82, 2.24) is 10.2 Å². The Balaban J connectivity index is 1.59. The van der Waals surface area contributed by atoms with Crippen LogP contribution < -0.4 is 10.6 Å². The summed E-state index contributed by atoms with van der Waals surface area (Å²) in [5, 5.41) is 5.83. The van der Waals surface area contributed by atoms with Gasteiger partial charge >= 0.3 is 0 Å². The molecule has 0 saturated carbocycles. The number of likely N-dealkylation sites (tertiary alicyclic amines) is 1. The molecule has 2 aliphatic rings. The summed E-state index contributed by atoms with van der Waals surface area (Å²) in [6.07, 6.45) is 3.03. The molecule has 3 rings (SSSR count). The first-order valence-electron chi connectivity index (χ1n) is 7.79. The second-order valence-electron chi connectivity index (χ2n) is 5.66. The van der Waals surface area contributed by atoms with Gasteiger partial charge in [0.25, 0.3) is 5.91 Å². The van der Waals surface area contributed by atoms with E-state index in [0.717, 1.165) is 36.0 Å². The van der Waals surface area contributed by atoms with Crippen LogP contribution in [-0.2, 0) is 4.79 Å². The van der Waals surface area contributed by atoms with Crippen LogP contribution >= 0.6 is 11.8 Å². The number of hydrogen-bond donors (Lipinski definition) is 2. The van der Waals surface area contributed by atoms with Crippen molar-refractivity contribution >= 4 is 29.3 Å². The van der Waals surface area contributed by atoms with Crippen LogP contribution in [0.4, 0.5) is 5.69 Å². The van der Waals surface area contributed by atoms with Crippen molar-refractivity contribution in [2.75, 3.05) is 37.2 Å². The molecule has 2 N–H and O–H groups in total. The molecule has 1 saturated heterocycles. The molecule has 0 unspecified atom stereocenters. The van der Waals surface area contributed by atoms with E-state index >= 15 is 0 Å². The summed E-state index contributed by atoms with van der Waals surface area (Å²) in [5.41, 5.74) is 1.35. The van der Waals surface area contributed by atoms with Crippen LogP contribution in [0.2, 0.25) is 0 Å². The summed E-state index contributed by atoms with van der Waals surface area (Å²) in [5.74, 6) is 0.712. The number of carbonyl (C=O) groups is 2. The Bertz CT molecular complexity index is 571. The SMILES string of the molecule is O=C1CCSc2ccc(C(=O)NCCN3CCCC3)cc2N1. The van der Waals surface area contributed by atoms with Crippen molar-refractivity contribution in [3.8, 4) is 0 Å². The smallest absolute Gasteiger partial charge is 0.251 e. The summed E-state index contributed by atoms with van der Waals surface area (Å²) in [7, 11) is 0. The van der Waals surface area contributed by atoms with E-state index in [4.69, 9.17) is 0 Å². The fraction of sp³-hybridized carbons (Fsp3) is 0.500. The van der Waals surface area contributed by atoms with E-state index in [1.165, 1.54) is 12.8 Å². The maximum atomic E-state index is 12.2. The quantitative estimate of drug-likeness (QED) is 0.890. The molecule has 1 aromatic rings. The maximum Gasteiger partial charge on any atom is 0.251 e. The van der Waals surface area contributed by atoms with Gasteiger partial charge in [-0.25, -0.2) is 0 Å². The number of benzene rings is 1. The van der Waals surface area contributed by atoms with E-state index in [2.05, 4.69) is 15.5 Å². The lowest BCUT2D eigenvalue weighted by Crippen LogP contribution is -2.33. The molecule has 0 atom stereocenters. The zero-order valence-electron chi connectivity index (χ0n) is 12.6. The number of fused-ring (bicyclic) bond motifs is 1. The second kappa shape index (κ2) is 7.15. The number of nitrogens with zero attached hydrogens (tertiary/aromatic N) is 1. The van der Waals surface area contributed by atoms with E-state index < -0.39 is 0 Å². The highest BCUT2D eigenvalue weighted by molar-refractivity contribution is 7.99. The van der Waals surface area contributed by atoms with E-state index in [0.29, 0.717) is 18.5 Å². The minimum absolute atomic E-state index is 0.0119. The topological polar surface area (TPSA) is 61.4 Å². The van der Waals surface area contributed by atoms with Gasteiger partial charge in [0.05, 0.1) is 5.69 Å². The largest absolute Gasteiger partial charge is 0.351 e. The second-order valence-corrected chi connectivity index (χ2v) is 6.80. The van der Waals surface area contributed by atoms with Gasteiger partial charge in [-0.2, -0.15) is 0 Å². The van der Waals surface area contributed by atoms with Crippen molar-refractivity contribution in [3.05, 3.63) is 23.8 Å². The molecule has 0 bridgehead atoms. The Morgan fingerprint density at radius 1 is 1.32 bits per heavy atom. The highest BCUT2D eigenvalue weighted by atomic mass is 32.2. The number of carbonyl (C=O) groups excluding carboxylic acids is 2. The molecule has 0 spiro atoms. The van der Waals surface area contributed by atoms with Crippen LogP contribution in [0.5, 0.6) is 0 Å². The molecule has 6 heteroatoms. The summed E-state index contributed by atoms with van der Waals surface area (Å²) in [4.78, 5) is 27.2. The van der Waals surface area contributed by atoms with Crippen LogP contribution in [-0.4, -0.2) is 48.6 Å². The fourth-order valence-electron chi connectivity index (χ4n) is 2.80. The number of amides is 2. The summed E-state index contributed by atoms with van der Waals surface area (Å²) < 4.78 is 0. The molecule has 1 aromatic carbocycles. The van der Waals surface area contributed by atoms with Gasteiger partial charge in [-0.05, 0) is 44.1 Å². The molecule has 22 heavy (non-hydrogen) atoms. The lowest BCUT2D eigenvalue weighted by atomic mass is 10.2. The Morgan fingerprint density at radius 2 is 2.14 bits per heavy atom. The first kappa shape index (κ1) is 15.4. The third-order valence-corrected chi connectivity index (χ3v) is 5.09. The fourth-order valence-corrected chi connectivity index (χ4v) is 3.73. The van der Waals surface area contributed by atoms with E-state index in [-0.39, 0.29) is 11.8 Å². The first-order chi connectivity index (χ1) is 10.7. The van der Waals surface area contributed by atoms with E-state index in [1.54, 1.807) is 17.8 Å². The minimum atomic E-state index is -0.0782. The minimum Gasteiger partial charge on any atom is -0.351 e. The van der Waals surface area contributed by atoms with Gasteiger partial charge in [0.15, 0.2) is 0 Å². The molecule has 1 fully saturated rings. The van der Waals surface area contributed by atoms with Gasteiger partial charge < -0.3 is 15.5 Å². The highest BCUT2D eigenvalue weighted by Crippen LogP contribution is 2.31. The molecule has 0 aliphatic carbocycles. The van der Waals surface area contributed by atoms with Crippen molar-refractivity contribution in [2.45, 2.75) is 24.2 Å². The summed E-state index contributed by atoms with van der Waals surface area (Å²) in [6.45, 7) is 3.84. The van der Waals surface area contributed by atoms with Crippen LogP contribution in [0.3, 0.4) is 0 Å². The Kier molecular flexibility index (Phi) is 5.00. The molecule has 0 radical (unpaired) electrons. The number of anilines is 1. The molecule has 5 nitrogen and oxygen atoms in total. The molecule has 0 aromatic heterocycles. The molecular formula is C16H21N3O2S. The monoisotopic (exact) mass is 319 g/mol. The van der Waals surface area contributed by atoms with Crippen LogP contribution in [0.25, 0.3) is 0 Å². The van der Waals surface area contributed by atoms with Crippen molar-refractivity contribution < 1.29 is 9.59 Å². The van der Waals surface area contributed by atoms with Crippen LogP contribution in [0.15, 0.2) is 23.1 Å². The number of thioether (sulfide) groups is 1. The Hall–Kier alpha value is -1.53. The maximum absolute atomic E-state index is 12.2. The van der Waals surface area contributed by atoms with Crippen molar-refractivity contribution in [1.29, 1.82) is 0 Å². The van der Waals surface area contributed by atoms with Crippen LogP contribution in [0, 0.1) is 0 Å². The first-order valence-corrected chi connectivity index (χ1v) is 8.78. The van der Waals surface area contributed by atoms with Gasteiger partial charge in [0.1, 0.15) is 0 Å². The summed E-state index contributed by atoms with van der Waals surface area (Å²) >= 11 is 1.65. The standard InChI is InChI=1S/C16H21N3O2S/c20-15-5-10-22-14-4-3-12(11-13(14)18-15)16(21)17-6-9-19-7-1-2-8-19/h3-4,11H,1-2,5-10H2,(H,17,21)(H,18,20). The molecular weight excluding hydrogens is 298 g/mol. The zero-order valence-corrected chi connectivity index (χ0v) is 13.4. The number of nitrogens with one attached hydrogen (secondary N) is 2. The average molecular weight is 319 g/mol. The molecule has 118 valence electrons. The van der Waals surface area contributed by atoms with Gasteiger partial charge in [-0.15, -0.1) is 11.8 Å². The molecule has 2 aliphatic heterocycles. The van der Waals surface area contributed by atoms with Crippen molar-refractivity contribution in [3.63, 3.8) is 0 Å². The normalized spacial score (nSPS) is 18.5. The predicted octanol–water partition coefficient (Wildman–Crippen LogP) is 1.95. The predicted molar refractivity (Wildman–Crippen MR) is 88.4 cm³/mol. The van der Waals surface area contributed by atoms with Crippen LogP contribution in [0.1, 0.15) is 29.6 Å². The molecule has 2 amide bonds. The number of rotatable bonds is 4. The lowest BCUT2D eigenvalue weighted by molar-refractivity contribution is -0.115. The third-order valence-electron chi connectivity index (χ3n) is 4.01. The van der Waals surface area contributed by atoms with Gasteiger partial charge in [-0.3, -0.25) is 9.59 Å². The Labute approximate surface area is 134 Å². The van der Waals surface area contributed by atoms with Crippen molar-refractivity contribution in [2.24, 2.45) is 0 Å². The number of hydrogen-bond acceptors (Lipinski definition) is 4. The highest BCUT2D eigenvalue weighted by Gasteiger charge is 2.16. The van der Waals surface area contributed by atoms with Gasteiger partial charge in [0.2, 0.25) is 5.91 Å². The van der Waals surface area contributed by atoms with E-state index in [9.17, 15) is 9.59 Å². The van der Waals surface area contributed by atoms with E-state index in [1.807, 2.05) is 12.1 Å². The zero-order chi connectivity index (χ0) is 15.4. The Morgan fingerprint density at radius 3 is 2.95 bits per heavy atom. The van der Waals surface area contributed by atoms with Gasteiger partial charge in [0, 0.05) is 35.7 Å². The molecule has 2 heterocycles. The lowest BCUT2D eigenvalue weighted by Gasteiger charge is -2.15. The third kappa shape index (κ3) is 3.81. The van der Waals surface area contributed by atoms with Gasteiger partial charge in [-0.1, -0.05) is 0 Å².